The number of hydrogen-bond acceptors (Lipinski definition) is 3. The Kier molecular flexibility index (Phi) is 5.77. The Morgan fingerprint density at radius 1 is 1.17 bits per heavy atom. The summed E-state index contributed by atoms with van der Waals surface area (Å²) in [6.07, 6.45) is 0.894. The van der Waals surface area contributed by atoms with E-state index < -0.39 is 0 Å². The Morgan fingerprint density at radius 3 is 2.71 bits per heavy atom. The van der Waals surface area contributed by atoms with Gasteiger partial charge in [-0.1, -0.05) is 48.0 Å². The van der Waals surface area contributed by atoms with Crippen LogP contribution in [0.4, 0.5) is 0 Å². The maximum Gasteiger partial charge on any atom is 0.126 e. The SMILES string of the molecule is CN(C)CCO[C@@H]1c2ccc(Cl)cc2OCC[C@@H]1c1ccccc1. The first-order valence-electron chi connectivity index (χ1n) is 8.38. The van der Waals surface area contributed by atoms with Crippen molar-refractivity contribution in [3.63, 3.8) is 0 Å². The zero-order chi connectivity index (χ0) is 16.9. The Bertz CT molecular complexity index is 660. The highest BCUT2D eigenvalue weighted by atomic mass is 35.5. The molecule has 2 atom stereocenters. The highest BCUT2D eigenvalue weighted by Crippen LogP contribution is 2.43. The number of benzene rings is 2. The summed E-state index contributed by atoms with van der Waals surface area (Å²) in [6.45, 7) is 2.24. The normalized spacial score (nSPS) is 20.3. The first-order chi connectivity index (χ1) is 11.6. The topological polar surface area (TPSA) is 21.7 Å². The third-order valence-corrected chi connectivity index (χ3v) is 4.63. The van der Waals surface area contributed by atoms with Crippen molar-refractivity contribution >= 4 is 11.6 Å². The molecule has 2 aromatic carbocycles. The summed E-state index contributed by atoms with van der Waals surface area (Å²) in [5.41, 5.74) is 2.38. The molecule has 1 heterocycles. The molecule has 0 aromatic heterocycles. The van der Waals surface area contributed by atoms with E-state index in [4.69, 9.17) is 21.1 Å². The smallest absolute Gasteiger partial charge is 0.126 e. The van der Waals surface area contributed by atoms with Crippen molar-refractivity contribution in [1.29, 1.82) is 0 Å². The van der Waals surface area contributed by atoms with E-state index in [1.54, 1.807) is 0 Å². The minimum absolute atomic E-state index is 0.0258. The van der Waals surface area contributed by atoms with Crippen LogP contribution in [0, 0.1) is 0 Å². The quantitative estimate of drug-likeness (QED) is 0.795. The van der Waals surface area contributed by atoms with Gasteiger partial charge in [-0.2, -0.15) is 0 Å². The summed E-state index contributed by atoms with van der Waals surface area (Å²) in [7, 11) is 4.12. The van der Waals surface area contributed by atoms with Crippen molar-refractivity contribution in [3.05, 3.63) is 64.7 Å². The van der Waals surface area contributed by atoms with Gasteiger partial charge in [-0.3, -0.25) is 0 Å². The average molecular weight is 346 g/mol. The first-order valence-corrected chi connectivity index (χ1v) is 8.76. The molecule has 4 heteroatoms. The molecule has 0 amide bonds. The van der Waals surface area contributed by atoms with Crippen LogP contribution >= 0.6 is 11.6 Å². The number of nitrogens with zero attached hydrogens (tertiary/aromatic N) is 1. The summed E-state index contributed by atoms with van der Waals surface area (Å²) in [6, 6.07) is 16.4. The predicted molar refractivity (Wildman–Crippen MR) is 98.0 cm³/mol. The number of ether oxygens (including phenoxy) is 2. The Labute approximate surface area is 149 Å². The van der Waals surface area contributed by atoms with Gasteiger partial charge < -0.3 is 14.4 Å². The third kappa shape index (κ3) is 4.10. The molecule has 0 bridgehead atoms. The molecule has 0 spiro atoms. The van der Waals surface area contributed by atoms with Crippen molar-refractivity contribution < 1.29 is 9.47 Å². The van der Waals surface area contributed by atoms with Crippen LogP contribution in [0.2, 0.25) is 5.02 Å². The van der Waals surface area contributed by atoms with Gasteiger partial charge in [0.05, 0.1) is 19.3 Å². The summed E-state index contributed by atoms with van der Waals surface area (Å²) in [5.74, 6) is 1.12. The molecule has 1 aliphatic heterocycles. The molecule has 3 rings (SSSR count). The number of rotatable bonds is 5. The fraction of sp³-hybridized carbons (Fsp3) is 0.400. The van der Waals surface area contributed by atoms with Crippen molar-refractivity contribution in [3.8, 4) is 5.75 Å². The first kappa shape index (κ1) is 17.3. The largest absolute Gasteiger partial charge is 0.493 e. The number of halogens is 1. The fourth-order valence-electron chi connectivity index (χ4n) is 3.14. The number of fused-ring (bicyclic) bond motifs is 1. The Morgan fingerprint density at radius 2 is 1.96 bits per heavy atom. The van der Waals surface area contributed by atoms with Crippen LogP contribution in [-0.4, -0.2) is 38.8 Å². The molecular formula is C20H24ClNO2. The van der Waals surface area contributed by atoms with Crippen LogP contribution in [0.5, 0.6) is 5.75 Å². The summed E-state index contributed by atoms with van der Waals surface area (Å²) >= 11 is 6.15. The van der Waals surface area contributed by atoms with E-state index in [0.29, 0.717) is 18.2 Å². The lowest BCUT2D eigenvalue weighted by atomic mass is 9.87. The molecule has 2 aromatic rings. The van der Waals surface area contributed by atoms with Gasteiger partial charge in [-0.25, -0.2) is 0 Å². The van der Waals surface area contributed by atoms with Crippen LogP contribution in [0.15, 0.2) is 48.5 Å². The molecule has 0 N–H and O–H groups in total. The molecule has 1 aliphatic rings. The van der Waals surface area contributed by atoms with Gasteiger partial charge in [0.1, 0.15) is 5.75 Å². The number of hydrogen-bond donors (Lipinski definition) is 0. The van der Waals surface area contributed by atoms with E-state index >= 15 is 0 Å². The van der Waals surface area contributed by atoms with Gasteiger partial charge in [-0.05, 0) is 38.2 Å². The van der Waals surface area contributed by atoms with Gasteiger partial charge in [0.15, 0.2) is 0 Å². The lowest BCUT2D eigenvalue weighted by Gasteiger charge is -2.27. The van der Waals surface area contributed by atoms with Crippen LogP contribution in [0.3, 0.4) is 0 Å². The van der Waals surface area contributed by atoms with Crippen LogP contribution in [0.25, 0.3) is 0 Å². The second kappa shape index (κ2) is 8.02. The van der Waals surface area contributed by atoms with Crippen LogP contribution < -0.4 is 4.74 Å². The highest BCUT2D eigenvalue weighted by Gasteiger charge is 2.30. The molecule has 0 saturated carbocycles. The molecule has 0 radical (unpaired) electrons. The van der Waals surface area contributed by atoms with Crippen molar-refractivity contribution in [2.45, 2.75) is 18.4 Å². The van der Waals surface area contributed by atoms with Crippen LogP contribution in [-0.2, 0) is 4.74 Å². The molecule has 0 aliphatic carbocycles. The maximum absolute atomic E-state index is 6.34. The second-order valence-corrected chi connectivity index (χ2v) is 6.87. The minimum atomic E-state index is -0.0258. The molecule has 0 saturated heterocycles. The molecule has 0 unspecified atom stereocenters. The monoisotopic (exact) mass is 345 g/mol. The van der Waals surface area contributed by atoms with Gasteiger partial charge in [0.2, 0.25) is 0 Å². The summed E-state index contributed by atoms with van der Waals surface area (Å²) < 4.78 is 12.3. The van der Waals surface area contributed by atoms with Crippen molar-refractivity contribution in [2.24, 2.45) is 0 Å². The average Bonchev–Trinajstić information content (AvgIpc) is 2.74. The van der Waals surface area contributed by atoms with Gasteiger partial charge >= 0.3 is 0 Å². The van der Waals surface area contributed by atoms with Gasteiger partial charge in [0.25, 0.3) is 0 Å². The molecular weight excluding hydrogens is 322 g/mol. The van der Waals surface area contributed by atoms with E-state index in [1.165, 1.54) is 5.56 Å². The predicted octanol–water partition coefficient (Wildman–Crippen LogP) is 4.53. The van der Waals surface area contributed by atoms with Gasteiger partial charge in [-0.15, -0.1) is 0 Å². The van der Waals surface area contributed by atoms with E-state index in [2.05, 4.69) is 43.3 Å². The van der Waals surface area contributed by atoms with Gasteiger partial charge in [0, 0.05) is 23.0 Å². The zero-order valence-corrected chi connectivity index (χ0v) is 15.0. The molecule has 128 valence electrons. The highest BCUT2D eigenvalue weighted by molar-refractivity contribution is 6.30. The Hall–Kier alpha value is -1.55. The summed E-state index contributed by atoms with van der Waals surface area (Å²) in [5, 5.41) is 0.693. The fourth-order valence-corrected chi connectivity index (χ4v) is 3.30. The van der Waals surface area contributed by atoms with E-state index in [0.717, 1.165) is 24.3 Å². The van der Waals surface area contributed by atoms with Crippen LogP contribution in [0.1, 0.15) is 29.6 Å². The molecule has 0 fully saturated rings. The van der Waals surface area contributed by atoms with E-state index in [-0.39, 0.29) is 12.0 Å². The van der Waals surface area contributed by atoms with Crippen molar-refractivity contribution in [2.75, 3.05) is 33.9 Å². The Balaban J connectivity index is 1.93. The second-order valence-electron chi connectivity index (χ2n) is 6.43. The van der Waals surface area contributed by atoms with Crippen molar-refractivity contribution in [1.82, 2.24) is 4.90 Å². The van der Waals surface area contributed by atoms with E-state index in [9.17, 15) is 0 Å². The lowest BCUT2D eigenvalue weighted by Crippen LogP contribution is -2.22. The maximum atomic E-state index is 6.34. The summed E-state index contributed by atoms with van der Waals surface area (Å²) in [4.78, 5) is 2.13. The minimum Gasteiger partial charge on any atom is -0.493 e. The third-order valence-electron chi connectivity index (χ3n) is 4.40. The molecule has 3 nitrogen and oxygen atoms in total. The lowest BCUT2D eigenvalue weighted by molar-refractivity contribution is 0.0249. The zero-order valence-electron chi connectivity index (χ0n) is 14.2. The molecule has 24 heavy (non-hydrogen) atoms. The van der Waals surface area contributed by atoms with E-state index in [1.807, 2.05) is 24.3 Å². The number of likely N-dealkylation sites (N-methyl/N-ethyl adjacent to an activating group) is 1. The standard InChI is InChI=1S/C20H24ClNO2/c1-22(2)11-13-24-20-17(15-6-4-3-5-7-15)10-12-23-19-14-16(21)8-9-18(19)20/h3-9,14,17,20H,10-13H2,1-2H3/t17-,20+/m1/s1.